The first-order valence-electron chi connectivity index (χ1n) is 9.73. The molecule has 0 unspecified atom stereocenters. The van der Waals surface area contributed by atoms with Crippen LogP contribution in [0.15, 0.2) is 59.5 Å². The Balaban J connectivity index is 1.47. The van der Waals surface area contributed by atoms with E-state index in [9.17, 15) is 8.42 Å². The van der Waals surface area contributed by atoms with Crippen molar-refractivity contribution in [2.24, 2.45) is 0 Å². The van der Waals surface area contributed by atoms with Crippen molar-refractivity contribution in [2.75, 3.05) is 41.2 Å². The van der Waals surface area contributed by atoms with Gasteiger partial charge >= 0.3 is 0 Å². The molecule has 0 spiro atoms. The van der Waals surface area contributed by atoms with Gasteiger partial charge in [-0.05, 0) is 49.4 Å². The van der Waals surface area contributed by atoms with E-state index in [2.05, 4.69) is 24.9 Å². The van der Waals surface area contributed by atoms with Crippen LogP contribution in [-0.2, 0) is 14.8 Å². The average Bonchev–Trinajstić information content (AvgIpc) is 2.75. The smallest absolute Gasteiger partial charge is 0.261 e. The molecule has 2 heterocycles. The van der Waals surface area contributed by atoms with Gasteiger partial charge in [-0.15, -0.1) is 0 Å². The lowest BCUT2D eigenvalue weighted by molar-refractivity contribution is 0.122. The molecule has 4 rings (SSSR count). The number of nitrogens with zero attached hydrogens (tertiary/aromatic N) is 3. The van der Waals surface area contributed by atoms with Gasteiger partial charge in [-0.1, -0.05) is 17.7 Å². The van der Waals surface area contributed by atoms with Crippen molar-refractivity contribution in [3.05, 3.63) is 65.3 Å². The fourth-order valence-corrected chi connectivity index (χ4v) is 4.50. The number of aryl methyl sites for hydroxylation is 1. The van der Waals surface area contributed by atoms with Gasteiger partial charge in [0.2, 0.25) is 5.95 Å². The van der Waals surface area contributed by atoms with Crippen LogP contribution < -0.4 is 14.9 Å². The number of hydrogen-bond donors (Lipinski definition) is 2. The Morgan fingerprint density at radius 3 is 2.42 bits per heavy atom. The summed E-state index contributed by atoms with van der Waals surface area (Å²) in [6.45, 7) is 4.75. The van der Waals surface area contributed by atoms with E-state index in [1.54, 1.807) is 36.4 Å². The number of anilines is 4. The van der Waals surface area contributed by atoms with Crippen molar-refractivity contribution in [3.8, 4) is 0 Å². The van der Waals surface area contributed by atoms with E-state index in [-0.39, 0.29) is 4.90 Å². The molecular formula is C21H22ClN5O3S. The largest absolute Gasteiger partial charge is 0.378 e. The third kappa shape index (κ3) is 5.43. The van der Waals surface area contributed by atoms with Crippen molar-refractivity contribution in [1.29, 1.82) is 0 Å². The Labute approximate surface area is 186 Å². The highest BCUT2D eigenvalue weighted by Crippen LogP contribution is 2.23. The predicted octanol–water partition coefficient (Wildman–Crippen LogP) is 3.82. The molecule has 0 aliphatic carbocycles. The summed E-state index contributed by atoms with van der Waals surface area (Å²) in [5.74, 6) is 1.33. The zero-order valence-electron chi connectivity index (χ0n) is 16.9. The minimum atomic E-state index is -3.72. The van der Waals surface area contributed by atoms with Crippen molar-refractivity contribution in [1.82, 2.24) is 9.97 Å². The van der Waals surface area contributed by atoms with Crippen molar-refractivity contribution < 1.29 is 13.2 Å². The monoisotopic (exact) mass is 459 g/mol. The first-order chi connectivity index (χ1) is 14.9. The van der Waals surface area contributed by atoms with E-state index in [4.69, 9.17) is 16.3 Å². The number of ether oxygens (including phenoxy) is 1. The maximum Gasteiger partial charge on any atom is 0.261 e. The molecule has 31 heavy (non-hydrogen) atoms. The molecule has 1 aliphatic rings. The summed E-state index contributed by atoms with van der Waals surface area (Å²) in [6.07, 6.45) is 0. The van der Waals surface area contributed by atoms with Crippen LogP contribution >= 0.6 is 11.6 Å². The highest BCUT2D eigenvalue weighted by molar-refractivity contribution is 7.92. The minimum absolute atomic E-state index is 0.106. The standard InChI is InChI=1S/C21H22ClN5O3S/c1-15-13-20(25-21(23-15)27-9-11-30-12-10-27)24-17-5-7-18(8-6-17)26-31(28,29)19-4-2-3-16(22)14-19/h2-8,13-14,26H,9-12H2,1H3,(H,23,24,25). The van der Waals surface area contributed by atoms with Crippen LogP contribution in [0.3, 0.4) is 0 Å². The molecule has 3 aromatic rings. The summed E-state index contributed by atoms with van der Waals surface area (Å²) in [5, 5.41) is 3.61. The van der Waals surface area contributed by atoms with Crippen LogP contribution in [0, 0.1) is 6.92 Å². The van der Waals surface area contributed by atoms with Gasteiger partial charge in [0, 0.05) is 41.2 Å². The van der Waals surface area contributed by atoms with Gasteiger partial charge in [-0.2, -0.15) is 4.98 Å². The molecule has 2 N–H and O–H groups in total. The molecule has 1 aliphatic heterocycles. The number of morpholine rings is 1. The number of benzene rings is 2. The number of nitrogens with one attached hydrogen (secondary N) is 2. The number of hydrogen-bond acceptors (Lipinski definition) is 7. The molecule has 0 bridgehead atoms. The summed E-state index contributed by atoms with van der Waals surface area (Å²) < 4.78 is 33.0. The molecule has 0 amide bonds. The molecule has 162 valence electrons. The predicted molar refractivity (Wildman–Crippen MR) is 122 cm³/mol. The molecule has 1 aromatic heterocycles. The van der Waals surface area contributed by atoms with E-state index >= 15 is 0 Å². The normalized spacial score (nSPS) is 14.3. The summed E-state index contributed by atoms with van der Waals surface area (Å²) in [6, 6.07) is 14.9. The van der Waals surface area contributed by atoms with Gasteiger partial charge in [-0.25, -0.2) is 13.4 Å². The quantitative estimate of drug-likeness (QED) is 0.578. The molecule has 0 saturated carbocycles. The molecule has 1 saturated heterocycles. The lowest BCUT2D eigenvalue weighted by Gasteiger charge is -2.27. The zero-order valence-corrected chi connectivity index (χ0v) is 18.4. The van der Waals surface area contributed by atoms with Gasteiger partial charge in [0.1, 0.15) is 5.82 Å². The Hall–Kier alpha value is -2.88. The van der Waals surface area contributed by atoms with Gasteiger partial charge < -0.3 is 15.0 Å². The first-order valence-corrected chi connectivity index (χ1v) is 11.6. The van der Waals surface area contributed by atoms with E-state index < -0.39 is 10.0 Å². The number of sulfonamides is 1. The van der Waals surface area contributed by atoms with Crippen molar-refractivity contribution >= 4 is 44.8 Å². The highest BCUT2D eigenvalue weighted by Gasteiger charge is 2.16. The Morgan fingerprint density at radius 1 is 1.00 bits per heavy atom. The number of halogens is 1. The second kappa shape index (κ2) is 9.09. The van der Waals surface area contributed by atoms with E-state index in [1.165, 1.54) is 12.1 Å². The van der Waals surface area contributed by atoms with Crippen LogP contribution in [0.1, 0.15) is 5.69 Å². The fraction of sp³-hybridized carbons (Fsp3) is 0.238. The topological polar surface area (TPSA) is 96.5 Å². The number of rotatable bonds is 6. The summed E-state index contributed by atoms with van der Waals surface area (Å²) in [5.41, 5.74) is 2.07. The molecule has 1 fully saturated rings. The minimum Gasteiger partial charge on any atom is -0.378 e. The first kappa shape index (κ1) is 21.4. The van der Waals surface area contributed by atoms with Crippen LogP contribution in [-0.4, -0.2) is 44.7 Å². The van der Waals surface area contributed by atoms with E-state index in [0.717, 1.165) is 24.5 Å². The summed E-state index contributed by atoms with van der Waals surface area (Å²) >= 11 is 5.90. The Kier molecular flexibility index (Phi) is 6.26. The lowest BCUT2D eigenvalue weighted by Crippen LogP contribution is -2.37. The van der Waals surface area contributed by atoms with Gasteiger partial charge in [-0.3, -0.25) is 4.72 Å². The summed E-state index contributed by atoms with van der Waals surface area (Å²) in [7, 11) is -3.72. The second-order valence-electron chi connectivity index (χ2n) is 7.06. The third-order valence-corrected chi connectivity index (χ3v) is 6.27. The Bertz CT molecular complexity index is 1170. The van der Waals surface area contributed by atoms with Crippen LogP contribution in [0.4, 0.5) is 23.1 Å². The average molecular weight is 460 g/mol. The van der Waals surface area contributed by atoms with Gasteiger partial charge in [0.05, 0.1) is 18.1 Å². The van der Waals surface area contributed by atoms with Crippen molar-refractivity contribution in [3.63, 3.8) is 0 Å². The molecule has 2 aromatic carbocycles. The summed E-state index contributed by atoms with van der Waals surface area (Å²) in [4.78, 5) is 11.3. The molecule has 8 nitrogen and oxygen atoms in total. The Morgan fingerprint density at radius 2 is 1.71 bits per heavy atom. The van der Waals surface area contributed by atoms with Crippen LogP contribution in [0.25, 0.3) is 0 Å². The maximum atomic E-state index is 12.5. The fourth-order valence-electron chi connectivity index (χ4n) is 3.14. The maximum absolute atomic E-state index is 12.5. The van der Waals surface area contributed by atoms with E-state index in [1.807, 2.05) is 13.0 Å². The van der Waals surface area contributed by atoms with Gasteiger partial charge in [0.25, 0.3) is 10.0 Å². The molecule has 0 atom stereocenters. The zero-order chi connectivity index (χ0) is 21.8. The third-order valence-electron chi connectivity index (χ3n) is 4.65. The van der Waals surface area contributed by atoms with E-state index in [0.29, 0.717) is 35.7 Å². The molecular weight excluding hydrogens is 438 g/mol. The lowest BCUT2D eigenvalue weighted by atomic mass is 10.3. The van der Waals surface area contributed by atoms with Gasteiger partial charge in [0.15, 0.2) is 0 Å². The highest BCUT2D eigenvalue weighted by atomic mass is 35.5. The van der Waals surface area contributed by atoms with Crippen molar-refractivity contribution in [2.45, 2.75) is 11.8 Å². The van der Waals surface area contributed by atoms with Crippen LogP contribution in [0.2, 0.25) is 5.02 Å². The molecule has 0 radical (unpaired) electrons. The van der Waals surface area contributed by atoms with Crippen LogP contribution in [0.5, 0.6) is 0 Å². The number of aromatic nitrogens is 2. The molecule has 10 heteroatoms. The second-order valence-corrected chi connectivity index (χ2v) is 9.18. The SMILES string of the molecule is Cc1cc(Nc2ccc(NS(=O)(=O)c3cccc(Cl)c3)cc2)nc(N2CCOCC2)n1.